The fraction of sp³-hybridized carbons (Fsp3) is 0.538. The summed E-state index contributed by atoms with van der Waals surface area (Å²) in [6.45, 7) is 0.494. The van der Waals surface area contributed by atoms with E-state index < -0.39 is 15.8 Å². The van der Waals surface area contributed by atoms with Crippen LogP contribution in [-0.2, 0) is 10.0 Å². The lowest BCUT2D eigenvalue weighted by atomic mass is 10.1. The van der Waals surface area contributed by atoms with Gasteiger partial charge in [0.05, 0.1) is 10.6 Å². The van der Waals surface area contributed by atoms with Gasteiger partial charge in [-0.15, -0.1) is 0 Å². The molecule has 6 heteroatoms. The Morgan fingerprint density at radius 1 is 1.37 bits per heavy atom. The van der Waals surface area contributed by atoms with E-state index in [9.17, 15) is 12.8 Å². The summed E-state index contributed by atoms with van der Waals surface area (Å²) in [4.78, 5) is -0.0419. The van der Waals surface area contributed by atoms with Crippen LogP contribution >= 0.6 is 0 Å². The van der Waals surface area contributed by atoms with Gasteiger partial charge < -0.3 is 5.73 Å². The molecule has 4 nitrogen and oxygen atoms in total. The summed E-state index contributed by atoms with van der Waals surface area (Å²) < 4.78 is 39.3. The van der Waals surface area contributed by atoms with Crippen LogP contribution in [0.15, 0.2) is 23.1 Å². The molecule has 0 radical (unpaired) electrons. The van der Waals surface area contributed by atoms with Gasteiger partial charge >= 0.3 is 0 Å². The van der Waals surface area contributed by atoms with E-state index in [0.29, 0.717) is 12.5 Å². The van der Waals surface area contributed by atoms with Crippen molar-refractivity contribution < 1.29 is 12.8 Å². The fourth-order valence-corrected chi connectivity index (χ4v) is 3.76. The summed E-state index contributed by atoms with van der Waals surface area (Å²) in [7, 11) is -2.08. The molecular formula is C13H19FN2O2S. The molecule has 1 aliphatic rings. The maximum absolute atomic E-state index is 13.4. The van der Waals surface area contributed by atoms with Crippen LogP contribution in [0.5, 0.6) is 0 Å². The Bertz CT molecular complexity index is 554. The smallest absolute Gasteiger partial charge is 0.242 e. The number of nitrogens with zero attached hydrogens (tertiary/aromatic N) is 1. The van der Waals surface area contributed by atoms with Gasteiger partial charge in [0, 0.05) is 13.6 Å². The van der Waals surface area contributed by atoms with Gasteiger partial charge in [-0.1, -0.05) is 12.8 Å². The molecule has 0 heterocycles. The van der Waals surface area contributed by atoms with E-state index in [1.165, 1.54) is 16.4 Å². The molecule has 2 N–H and O–H groups in total. The highest BCUT2D eigenvalue weighted by Crippen LogP contribution is 2.27. The standard InChI is InChI=1S/C13H19FN2O2S/c1-16(9-10-4-2-3-5-10)19(17,18)11-6-7-13(15)12(14)8-11/h6-8,10H,2-5,9,15H2,1H3. The summed E-state index contributed by atoms with van der Waals surface area (Å²) in [5.74, 6) is -0.284. The number of benzene rings is 1. The molecule has 0 saturated heterocycles. The molecule has 106 valence electrons. The quantitative estimate of drug-likeness (QED) is 0.863. The van der Waals surface area contributed by atoms with Gasteiger partial charge in [-0.3, -0.25) is 0 Å². The molecule has 19 heavy (non-hydrogen) atoms. The second-order valence-electron chi connectivity index (χ2n) is 5.12. The van der Waals surface area contributed by atoms with Crippen molar-refractivity contribution in [1.29, 1.82) is 0 Å². The number of nitrogen functional groups attached to an aromatic ring is 1. The number of anilines is 1. The molecule has 0 aliphatic heterocycles. The second kappa shape index (κ2) is 5.46. The topological polar surface area (TPSA) is 63.4 Å². The van der Waals surface area contributed by atoms with E-state index in [0.717, 1.165) is 31.7 Å². The maximum atomic E-state index is 13.4. The lowest BCUT2D eigenvalue weighted by molar-refractivity contribution is 0.387. The van der Waals surface area contributed by atoms with Crippen molar-refractivity contribution in [2.75, 3.05) is 19.3 Å². The molecule has 0 aromatic heterocycles. The van der Waals surface area contributed by atoms with E-state index in [1.54, 1.807) is 7.05 Å². The van der Waals surface area contributed by atoms with Crippen molar-refractivity contribution in [2.24, 2.45) is 5.92 Å². The highest BCUT2D eigenvalue weighted by Gasteiger charge is 2.26. The summed E-state index contributed by atoms with van der Waals surface area (Å²) in [6, 6.07) is 3.61. The zero-order valence-corrected chi connectivity index (χ0v) is 11.8. The molecule has 0 spiro atoms. The third kappa shape index (κ3) is 3.06. The van der Waals surface area contributed by atoms with Gasteiger partial charge in [0.1, 0.15) is 5.82 Å². The number of rotatable bonds is 4. The molecule has 0 atom stereocenters. The molecule has 1 aromatic carbocycles. The second-order valence-corrected chi connectivity index (χ2v) is 7.16. The fourth-order valence-electron chi connectivity index (χ4n) is 2.50. The van der Waals surface area contributed by atoms with Gasteiger partial charge in [0.25, 0.3) is 0 Å². The van der Waals surface area contributed by atoms with Crippen LogP contribution in [0.4, 0.5) is 10.1 Å². The van der Waals surface area contributed by atoms with Crippen LogP contribution in [0.25, 0.3) is 0 Å². The Balaban J connectivity index is 2.18. The number of hydrogen-bond donors (Lipinski definition) is 1. The summed E-state index contributed by atoms with van der Waals surface area (Å²) in [5.41, 5.74) is 5.31. The molecule has 0 bridgehead atoms. The lowest BCUT2D eigenvalue weighted by Crippen LogP contribution is -2.31. The van der Waals surface area contributed by atoms with Crippen molar-refractivity contribution in [3.05, 3.63) is 24.0 Å². The first-order valence-electron chi connectivity index (χ1n) is 6.42. The Morgan fingerprint density at radius 3 is 2.58 bits per heavy atom. The minimum Gasteiger partial charge on any atom is -0.396 e. The first kappa shape index (κ1) is 14.3. The number of nitrogens with two attached hydrogens (primary N) is 1. The van der Waals surface area contributed by atoms with Gasteiger partial charge in [-0.2, -0.15) is 0 Å². The van der Waals surface area contributed by atoms with Gasteiger partial charge in [-0.05, 0) is 37.0 Å². The SMILES string of the molecule is CN(CC1CCCC1)S(=O)(=O)c1ccc(N)c(F)c1. The number of sulfonamides is 1. The Kier molecular flexibility index (Phi) is 4.10. The Hall–Kier alpha value is -1.14. The van der Waals surface area contributed by atoms with Crippen LogP contribution in [-0.4, -0.2) is 26.3 Å². The van der Waals surface area contributed by atoms with E-state index in [2.05, 4.69) is 0 Å². The highest BCUT2D eigenvalue weighted by molar-refractivity contribution is 7.89. The van der Waals surface area contributed by atoms with E-state index in [1.807, 2.05) is 0 Å². The van der Waals surface area contributed by atoms with Crippen molar-refractivity contribution in [1.82, 2.24) is 4.31 Å². The van der Waals surface area contributed by atoms with Crippen LogP contribution in [0, 0.1) is 11.7 Å². The van der Waals surface area contributed by atoms with Crippen LogP contribution < -0.4 is 5.73 Å². The minimum absolute atomic E-state index is 0.0419. The molecule has 0 amide bonds. The van der Waals surface area contributed by atoms with Gasteiger partial charge in [-0.25, -0.2) is 17.1 Å². The molecule has 1 saturated carbocycles. The van der Waals surface area contributed by atoms with Crippen molar-refractivity contribution in [2.45, 2.75) is 30.6 Å². The molecule has 1 aromatic rings. The average Bonchev–Trinajstić information content (AvgIpc) is 2.85. The van der Waals surface area contributed by atoms with E-state index >= 15 is 0 Å². The molecule has 2 rings (SSSR count). The first-order chi connectivity index (χ1) is 8.91. The predicted molar refractivity (Wildman–Crippen MR) is 72.6 cm³/mol. The maximum Gasteiger partial charge on any atom is 0.242 e. The summed E-state index contributed by atoms with van der Waals surface area (Å²) in [6.07, 6.45) is 4.45. The van der Waals surface area contributed by atoms with Crippen LogP contribution in [0.2, 0.25) is 0 Å². The Morgan fingerprint density at radius 2 is 2.00 bits per heavy atom. The first-order valence-corrected chi connectivity index (χ1v) is 7.86. The molecule has 1 fully saturated rings. The van der Waals surface area contributed by atoms with Gasteiger partial charge in [0.2, 0.25) is 10.0 Å². The van der Waals surface area contributed by atoms with Crippen molar-refractivity contribution in [3.8, 4) is 0 Å². The number of halogens is 1. The molecular weight excluding hydrogens is 267 g/mol. The zero-order valence-electron chi connectivity index (χ0n) is 11.0. The monoisotopic (exact) mass is 286 g/mol. The molecule has 1 aliphatic carbocycles. The molecule has 0 unspecified atom stereocenters. The van der Waals surface area contributed by atoms with E-state index in [-0.39, 0.29) is 10.6 Å². The normalized spacial score (nSPS) is 17.2. The number of hydrogen-bond acceptors (Lipinski definition) is 3. The third-order valence-electron chi connectivity index (χ3n) is 3.67. The van der Waals surface area contributed by atoms with Crippen molar-refractivity contribution in [3.63, 3.8) is 0 Å². The van der Waals surface area contributed by atoms with E-state index in [4.69, 9.17) is 5.73 Å². The average molecular weight is 286 g/mol. The van der Waals surface area contributed by atoms with Crippen molar-refractivity contribution >= 4 is 15.7 Å². The van der Waals surface area contributed by atoms with Crippen LogP contribution in [0.1, 0.15) is 25.7 Å². The Labute approximate surface area is 113 Å². The largest absolute Gasteiger partial charge is 0.396 e. The highest BCUT2D eigenvalue weighted by atomic mass is 32.2. The van der Waals surface area contributed by atoms with Gasteiger partial charge in [0.15, 0.2) is 0 Å². The summed E-state index contributed by atoms with van der Waals surface area (Å²) in [5, 5.41) is 0. The van der Waals surface area contributed by atoms with Crippen LogP contribution in [0.3, 0.4) is 0 Å². The lowest BCUT2D eigenvalue weighted by Gasteiger charge is -2.20. The third-order valence-corrected chi connectivity index (χ3v) is 5.49. The summed E-state index contributed by atoms with van der Waals surface area (Å²) >= 11 is 0. The minimum atomic E-state index is -3.63. The zero-order chi connectivity index (χ0) is 14.0. The predicted octanol–water partition coefficient (Wildman–Crippen LogP) is 2.22.